The van der Waals surface area contributed by atoms with Gasteiger partial charge in [-0.2, -0.15) is 0 Å². The van der Waals surface area contributed by atoms with Crippen molar-refractivity contribution in [3.05, 3.63) is 44.8 Å². The van der Waals surface area contributed by atoms with Crippen molar-refractivity contribution in [2.24, 2.45) is 0 Å². The van der Waals surface area contributed by atoms with Gasteiger partial charge in [-0.3, -0.25) is 0 Å². The molecule has 0 saturated heterocycles. The molecule has 1 nitrogen and oxygen atoms in total. The third-order valence-electron chi connectivity index (χ3n) is 3.39. The molecule has 0 aliphatic rings. The molecule has 0 atom stereocenters. The second-order valence-electron chi connectivity index (χ2n) is 5.05. The van der Waals surface area contributed by atoms with Crippen molar-refractivity contribution in [3.8, 4) is 0 Å². The lowest BCUT2D eigenvalue weighted by molar-refractivity contribution is 0.0813. The number of thiophene rings is 2. The van der Waals surface area contributed by atoms with Crippen molar-refractivity contribution in [2.45, 2.75) is 51.6 Å². The van der Waals surface area contributed by atoms with Gasteiger partial charge in [-0.25, -0.2) is 0 Å². The van der Waals surface area contributed by atoms with Gasteiger partial charge in [-0.15, -0.1) is 22.7 Å². The van der Waals surface area contributed by atoms with Gasteiger partial charge >= 0.3 is 0 Å². The zero-order valence-electron chi connectivity index (χ0n) is 12.2. The van der Waals surface area contributed by atoms with Gasteiger partial charge in [0.05, 0.1) is 0 Å². The summed E-state index contributed by atoms with van der Waals surface area (Å²) in [7, 11) is 0. The zero-order chi connectivity index (χ0) is 14.0. The molecule has 2 aromatic heterocycles. The summed E-state index contributed by atoms with van der Waals surface area (Å²) in [6.07, 6.45) is 8.02. The molecule has 0 amide bonds. The predicted octanol–water partition coefficient (Wildman–Crippen LogP) is 6.28. The van der Waals surface area contributed by atoms with E-state index in [1.54, 1.807) is 22.7 Å². The first-order chi connectivity index (χ1) is 9.92. The van der Waals surface area contributed by atoms with Gasteiger partial charge in [0.25, 0.3) is 0 Å². The number of rotatable bonds is 10. The Kier molecular flexibility index (Phi) is 7.34. The van der Waals surface area contributed by atoms with E-state index in [9.17, 15) is 0 Å². The van der Waals surface area contributed by atoms with Gasteiger partial charge in [-0.1, -0.05) is 51.2 Å². The van der Waals surface area contributed by atoms with E-state index in [0.717, 1.165) is 6.61 Å². The molecule has 2 heterocycles. The second-order valence-corrected chi connectivity index (χ2v) is 7.01. The van der Waals surface area contributed by atoms with Crippen LogP contribution in [0, 0.1) is 0 Å². The van der Waals surface area contributed by atoms with Crippen LogP contribution in [0.25, 0.3) is 0 Å². The first kappa shape index (κ1) is 15.7. The summed E-state index contributed by atoms with van der Waals surface area (Å²) in [5.41, 5.74) is 0. The van der Waals surface area contributed by atoms with Crippen LogP contribution in [0.2, 0.25) is 0 Å². The summed E-state index contributed by atoms with van der Waals surface area (Å²) in [5, 5.41) is 4.26. The quantitative estimate of drug-likeness (QED) is 0.470. The molecule has 2 aromatic rings. The molecule has 0 unspecified atom stereocenters. The standard InChI is InChI=1S/C17H24OS2/c1-2-3-4-5-6-7-12-18-17(15-10-8-13-19-15)16-11-9-14-20-16/h8-11,13-14,17H,2-7,12H2,1H3. The molecule has 0 saturated carbocycles. The summed E-state index contributed by atoms with van der Waals surface area (Å²) in [5.74, 6) is 0. The van der Waals surface area contributed by atoms with Crippen molar-refractivity contribution in [2.75, 3.05) is 6.61 Å². The topological polar surface area (TPSA) is 9.23 Å². The highest BCUT2D eigenvalue weighted by Gasteiger charge is 2.16. The zero-order valence-corrected chi connectivity index (χ0v) is 13.8. The van der Waals surface area contributed by atoms with E-state index in [4.69, 9.17) is 4.74 Å². The van der Waals surface area contributed by atoms with E-state index in [0.29, 0.717) is 0 Å². The largest absolute Gasteiger partial charge is 0.367 e. The highest BCUT2D eigenvalue weighted by atomic mass is 32.1. The van der Waals surface area contributed by atoms with Crippen molar-refractivity contribution >= 4 is 22.7 Å². The Morgan fingerprint density at radius 1 is 0.900 bits per heavy atom. The maximum Gasteiger partial charge on any atom is 0.126 e. The van der Waals surface area contributed by atoms with Gasteiger partial charge in [0.1, 0.15) is 6.10 Å². The Hall–Kier alpha value is -0.640. The average Bonchev–Trinajstić information content (AvgIpc) is 3.14. The molecule has 0 fully saturated rings. The molecule has 0 radical (unpaired) electrons. The molecule has 2 rings (SSSR count). The number of hydrogen-bond acceptors (Lipinski definition) is 3. The fourth-order valence-corrected chi connectivity index (χ4v) is 3.92. The maximum absolute atomic E-state index is 6.16. The lowest BCUT2D eigenvalue weighted by atomic mass is 10.1. The third-order valence-corrected chi connectivity index (χ3v) is 5.22. The minimum Gasteiger partial charge on any atom is -0.367 e. The molecule has 0 aliphatic carbocycles. The molecule has 20 heavy (non-hydrogen) atoms. The fraction of sp³-hybridized carbons (Fsp3) is 0.529. The second kappa shape index (κ2) is 9.32. The van der Waals surface area contributed by atoms with E-state index in [-0.39, 0.29) is 6.10 Å². The highest BCUT2D eigenvalue weighted by Crippen LogP contribution is 2.32. The van der Waals surface area contributed by atoms with Gasteiger partial charge in [-0.05, 0) is 29.3 Å². The maximum atomic E-state index is 6.16. The molecular weight excluding hydrogens is 284 g/mol. The van der Waals surface area contributed by atoms with E-state index in [1.807, 2.05) is 0 Å². The van der Waals surface area contributed by atoms with Gasteiger partial charge in [0.2, 0.25) is 0 Å². The molecular formula is C17H24OS2. The van der Waals surface area contributed by atoms with E-state index < -0.39 is 0 Å². The van der Waals surface area contributed by atoms with Crippen LogP contribution >= 0.6 is 22.7 Å². The summed E-state index contributed by atoms with van der Waals surface area (Å²) >= 11 is 3.57. The van der Waals surface area contributed by atoms with Gasteiger partial charge in [0.15, 0.2) is 0 Å². The van der Waals surface area contributed by atoms with Crippen LogP contribution in [0.4, 0.5) is 0 Å². The molecule has 0 aromatic carbocycles. The van der Waals surface area contributed by atoms with Crippen molar-refractivity contribution < 1.29 is 4.74 Å². The Morgan fingerprint density at radius 3 is 2.05 bits per heavy atom. The SMILES string of the molecule is CCCCCCCCOC(c1cccs1)c1cccs1. The predicted molar refractivity (Wildman–Crippen MR) is 89.8 cm³/mol. The molecule has 0 bridgehead atoms. The van der Waals surface area contributed by atoms with Crippen molar-refractivity contribution in [1.82, 2.24) is 0 Å². The molecule has 0 spiro atoms. The van der Waals surface area contributed by atoms with E-state index >= 15 is 0 Å². The summed E-state index contributed by atoms with van der Waals surface area (Å²) in [6.45, 7) is 3.13. The third kappa shape index (κ3) is 5.04. The number of hydrogen-bond donors (Lipinski definition) is 0. The minimum absolute atomic E-state index is 0.144. The van der Waals surface area contributed by atoms with Crippen molar-refractivity contribution in [1.29, 1.82) is 0 Å². The van der Waals surface area contributed by atoms with Crippen LogP contribution in [-0.2, 0) is 4.74 Å². The Morgan fingerprint density at radius 2 is 1.50 bits per heavy atom. The van der Waals surface area contributed by atoms with Gasteiger partial charge < -0.3 is 4.74 Å². The van der Waals surface area contributed by atoms with Crippen LogP contribution < -0.4 is 0 Å². The monoisotopic (exact) mass is 308 g/mol. The summed E-state index contributed by atoms with van der Waals surface area (Å²) in [4.78, 5) is 2.64. The average molecular weight is 309 g/mol. The Labute approximate surface area is 130 Å². The lowest BCUT2D eigenvalue weighted by Crippen LogP contribution is -2.04. The summed E-state index contributed by atoms with van der Waals surface area (Å²) < 4.78 is 6.16. The Balaban J connectivity index is 1.75. The first-order valence-electron chi connectivity index (χ1n) is 7.60. The molecule has 3 heteroatoms. The first-order valence-corrected chi connectivity index (χ1v) is 9.36. The van der Waals surface area contributed by atoms with Crippen LogP contribution in [0.1, 0.15) is 61.3 Å². The lowest BCUT2D eigenvalue weighted by Gasteiger charge is -2.15. The Bertz CT molecular complexity index is 399. The van der Waals surface area contributed by atoms with Crippen LogP contribution in [-0.4, -0.2) is 6.61 Å². The van der Waals surface area contributed by atoms with Gasteiger partial charge in [0, 0.05) is 16.4 Å². The van der Waals surface area contributed by atoms with E-state index in [2.05, 4.69) is 41.9 Å². The minimum atomic E-state index is 0.144. The van der Waals surface area contributed by atoms with Crippen LogP contribution in [0.15, 0.2) is 35.0 Å². The van der Waals surface area contributed by atoms with Crippen LogP contribution in [0.3, 0.4) is 0 Å². The normalized spacial score (nSPS) is 11.3. The fourth-order valence-electron chi connectivity index (χ4n) is 2.27. The summed E-state index contributed by atoms with van der Waals surface area (Å²) in [6, 6.07) is 8.57. The van der Waals surface area contributed by atoms with Crippen LogP contribution in [0.5, 0.6) is 0 Å². The molecule has 0 aliphatic heterocycles. The molecule has 110 valence electrons. The molecule has 0 N–H and O–H groups in total. The number of unbranched alkanes of at least 4 members (excludes halogenated alkanes) is 5. The smallest absolute Gasteiger partial charge is 0.126 e. The van der Waals surface area contributed by atoms with E-state index in [1.165, 1.54) is 48.3 Å². The highest BCUT2D eigenvalue weighted by molar-refractivity contribution is 7.11. The van der Waals surface area contributed by atoms with Crippen molar-refractivity contribution in [3.63, 3.8) is 0 Å². The number of ether oxygens (including phenoxy) is 1.